The van der Waals surface area contributed by atoms with Crippen molar-refractivity contribution in [1.29, 1.82) is 0 Å². The molecular weight excluding hydrogens is 138 g/mol. The van der Waals surface area contributed by atoms with E-state index in [1.807, 2.05) is 0 Å². The Bertz CT molecular complexity index is 94.4. The lowest BCUT2D eigenvalue weighted by molar-refractivity contribution is 0.669. The van der Waals surface area contributed by atoms with Gasteiger partial charge in [-0.2, -0.15) is 5.10 Å². The van der Waals surface area contributed by atoms with Crippen LogP contribution in [-0.4, -0.2) is 18.8 Å². The molecule has 0 aromatic carbocycles. The fourth-order valence-corrected chi connectivity index (χ4v) is 0.844. The molecule has 9 heavy (non-hydrogen) atoms. The summed E-state index contributed by atoms with van der Waals surface area (Å²) in [6.45, 7) is 2.08. The molecule has 0 amide bonds. The van der Waals surface area contributed by atoms with Crippen LogP contribution in [0.3, 0.4) is 0 Å². The SMILES string of the molecule is Cl.NN=C1CCNCC1. The Morgan fingerprint density at radius 1 is 1.33 bits per heavy atom. The van der Waals surface area contributed by atoms with Gasteiger partial charge in [0.15, 0.2) is 0 Å². The summed E-state index contributed by atoms with van der Waals surface area (Å²) in [7, 11) is 0. The summed E-state index contributed by atoms with van der Waals surface area (Å²) in [6.07, 6.45) is 2.05. The van der Waals surface area contributed by atoms with E-state index in [2.05, 4.69) is 10.4 Å². The van der Waals surface area contributed by atoms with Crippen LogP contribution in [-0.2, 0) is 0 Å². The van der Waals surface area contributed by atoms with E-state index < -0.39 is 0 Å². The van der Waals surface area contributed by atoms with Crippen molar-refractivity contribution in [2.75, 3.05) is 13.1 Å². The van der Waals surface area contributed by atoms with Gasteiger partial charge >= 0.3 is 0 Å². The van der Waals surface area contributed by atoms with Gasteiger partial charge in [0, 0.05) is 18.8 Å². The number of hydrogen-bond acceptors (Lipinski definition) is 3. The molecule has 1 rings (SSSR count). The topological polar surface area (TPSA) is 50.4 Å². The zero-order valence-corrected chi connectivity index (χ0v) is 6.08. The first-order chi connectivity index (χ1) is 3.93. The molecule has 0 aromatic rings. The summed E-state index contributed by atoms with van der Waals surface area (Å²) in [5.74, 6) is 5.06. The third kappa shape index (κ3) is 2.67. The zero-order chi connectivity index (χ0) is 5.82. The van der Waals surface area contributed by atoms with Crippen molar-refractivity contribution < 1.29 is 0 Å². The second-order valence-corrected chi connectivity index (χ2v) is 1.95. The van der Waals surface area contributed by atoms with Gasteiger partial charge in [0.1, 0.15) is 0 Å². The Balaban J connectivity index is 0.000000640. The van der Waals surface area contributed by atoms with Gasteiger partial charge in [-0.05, 0) is 12.8 Å². The molecule has 1 aliphatic heterocycles. The van der Waals surface area contributed by atoms with E-state index in [1.165, 1.54) is 0 Å². The number of rotatable bonds is 0. The molecule has 1 heterocycles. The molecule has 0 radical (unpaired) electrons. The van der Waals surface area contributed by atoms with Crippen LogP contribution in [0.2, 0.25) is 0 Å². The average Bonchev–Trinajstić information content (AvgIpc) is 1.90. The molecule has 0 unspecified atom stereocenters. The Morgan fingerprint density at radius 3 is 2.22 bits per heavy atom. The summed E-state index contributed by atoms with van der Waals surface area (Å²) in [6, 6.07) is 0. The van der Waals surface area contributed by atoms with Gasteiger partial charge in [0.2, 0.25) is 0 Å². The minimum atomic E-state index is 0. The number of piperidine rings is 1. The van der Waals surface area contributed by atoms with Crippen molar-refractivity contribution in [3.05, 3.63) is 0 Å². The summed E-state index contributed by atoms with van der Waals surface area (Å²) >= 11 is 0. The maximum absolute atomic E-state index is 5.06. The summed E-state index contributed by atoms with van der Waals surface area (Å²) in [4.78, 5) is 0. The fourth-order valence-electron chi connectivity index (χ4n) is 0.844. The molecule has 1 aliphatic rings. The molecule has 0 spiro atoms. The summed E-state index contributed by atoms with van der Waals surface area (Å²) in [5, 5.41) is 6.84. The molecule has 3 nitrogen and oxygen atoms in total. The Kier molecular flexibility index (Phi) is 4.44. The lowest BCUT2D eigenvalue weighted by atomic mass is 10.1. The van der Waals surface area contributed by atoms with Crippen LogP contribution >= 0.6 is 12.4 Å². The number of nitrogens with one attached hydrogen (secondary N) is 1. The van der Waals surface area contributed by atoms with Gasteiger partial charge in [0.05, 0.1) is 0 Å². The van der Waals surface area contributed by atoms with Crippen molar-refractivity contribution in [3.8, 4) is 0 Å². The normalized spacial score (nSPS) is 18.4. The predicted molar refractivity (Wildman–Crippen MR) is 41.0 cm³/mol. The number of halogens is 1. The van der Waals surface area contributed by atoms with Gasteiger partial charge in [0.25, 0.3) is 0 Å². The minimum Gasteiger partial charge on any atom is -0.323 e. The molecule has 4 heteroatoms. The van der Waals surface area contributed by atoms with Crippen LogP contribution in [0, 0.1) is 0 Å². The number of hydrogen-bond donors (Lipinski definition) is 2. The highest BCUT2D eigenvalue weighted by Gasteiger charge is 2.03. The fraction of sp³-hybridized carbons (Fsp3) is 0.800. The van der Waals surface area contributed by atoms with Gasteiger partial charge in [-0.25, -0.2) is 0 Å². The maximum Gasteiger partial charge on any atom is 0.0401 e. The number of nitrogens with zero attached hydrogens (tertiary/aromatic N) is 1. The van der Waals surface area contributed by atoms with Crippen molar-refractivity contribution >= 4 is 18.1 Å². The number of hydrazone groups is 1. The number of nitrogens with two attached hydrogens (primary N) is 1. The van der Waals surface area contributed by atoms with Crippen molar-refractivity contribution in [2.45, 2.75) is 12.8 Å². The molecule has 0 aliphatic carbocycles. The van der Waals surface area contributed by atoms with E-state index in [9.17, 15) is 0 Å². The summed E-state index contributed by atoms with van der Waals surface area (Å²) < 4.78 is 0. The highest BCUT2D eigenvalue weighted by molar-refractivity contribution is 5.85. The Labute approximate surface area is 61.1 Å². The quantitative estimate of drug-likeness (QED) is 0.379. The highest BCUT2D eigenvalue weighted by Crippen LogP contribution is 1.94. The Hall–Kier alpha value is -0.280. The van der Waals surface area contributed by atoms with E-state index in [0.29, 0.717) is 0 Å². The first-order valence-corrected chi connectivity index (χ1v) is 2.90. The predicted octanol–water partition coefficient (Wildman–Crippen LogP) is 0.106. The largest absolute Gasteiger partial charge is 0.323 e. The molecule has 0 atom stereocenters. The second kappa shape index (κ2) is 4.58. The van der Waals surface area contributed by atoms with Gasteiger partial charge in [-0.3, -0.25) is 0 Å². The van der Waals surface area contributed by atoms with Gasteiger partial charge < -0.3 is 11.2 Å². The van der Waals surface area contributed by atoms with Crippen LogP contribution in [0.1, 0.15) is 12.8 Å². The van der Waals surface area contributed by atoms with Gasteiger partial charge in [-0.15, -0.1) is 12.4 Å². The van der Waals surface area contributed by atoms with E-state index >= 15 is 0 Å². The minimum absolute atomic E-state index is 0. The lowest BCUT2D eigenvalue weighted by Gasteiger charge is -2.11. The van der Waals surface area contributed by atoms with Crippen molar-refractivity contribution in [2.24, 2.45) is 10.9 Å². The first-order valence-electron chi connectivity index (χ1n) is 2.90. The molecule has 1 saturated heterocycles. The first kappa shape index (κ1) is 8.72. The van der Waals surface area contributed by atoms with Crippen LogP contribution in [0.4, 0.5) is 0 Å². The van der Waals surface area contributed by atoms with Gasteiger partial charge in [-0.1, -0.05) is 0 Å². The van der Waals surface area contributed by atoms with E-state index in [0.717, 1.165) is 31.6 Å². The molecule has 3 N–H and O–H groups in total. The molecule has 0 aromatic heterocycles. The van der Waals surface area contributed by atoms with E-state index in [4.69, 9.17) is 5.84 Å². The second-order valence-electron chi connectivity index (χ2n) is 1.95. The standard InChI is InChI=1S/C5H11N3.ClH/c6-8-5-1-3-7-4-2-5;/h7H,1-4,6H2;1H. The average molecular weight is 150 g/mol. The molecule has 0 saturated carbocycles. The molecule has 54 valence electrons. The summed E-state index contributed by atoms with van der Waals surface area (Å²) in [5.41, 5.74) is 1.14. The van der Waals surface area contributed by atoms with Crippen molar-refractivity contribution in [1.82, 2.24) is 5.32 Å². The zero-order valence-electron chi connectivity index (χ0n) is 5.26. The lowest BCUT2D eigenvalue weighted by Crippen LogP contribution is -2.28. The monoisotopic (exact) mass is 149 g/mol. The molecular formula is C5H12ClN3. The maximum atomic E-state index is 5.06. The highest BCUT2D eigenvalue weighted by atomic mass is 35.5. The van der Waals surface area contributed by atoms with E-state index in [-0.39, 0.29) is 12.4 Å². The van der Waals surface area contributed by atoms with E-state index in [1.54, 1.807) is 0 Å². The smallest absolute Gasteiger partial charge is 0.0401 e. The van der Waals surface area contributed by atoms with Crippen LogP contribution < -0.4 is 11.2 Å². The third-order valence-electron chi connectivity index (χ3n) is 1.36. The van der Waals surface area contributed by atoms with Crippen LogP contribution in [0.5, 0.6) is 0 Å². The Morgan fingerprint density at radius 2 is 1.89 bits per heavy atom. The molecule has 0 bridgehead atoms. The van der Waals surface area contributed by atoms with Crippen LogP contribution in [0.15, 0.2) is 5.10 Å². The molecule has 1 fully saturated rings. The van der Waals surface area contributed by atoms with Crippen LogP contribution in [0.25, 0.3) is 0 Å². The third-order valence-corrected chi connectivity index (χ3v) is 1.36. The van der Waals surface area contributed by atoms with Crippen molar-refractivity contribution in [3.63, 3.8) is 0 Å².